The maximum absolute atomic E-state index is 11.6. The van der Waals surface area contributed by atoms with E-state index in [4.69, 9.17) is 4.74 Å². The fraction of sp³-hybridized carbons (Fsp3) is 0.533. The number of esters is 1. The first-order valence-electron chi connectivity index (χ1n) is 6.26. The second-order valence-corrected chi connectivity index (χ2v) is 5.69. The highest BCUT2D eigenvalue weighted by atomic mass is 16.6. The van der Waals surface area contributed by atoms with Crippen LogP contribution in [-0.4, -0.2) is 11.6 Å². The molecule has 1 aromatic rings. The molecule has 92 valence electrons. The van der Waals surface area contributed by atoms with Crippen molar-refractivity contribution in [2.45, 2.75) is 52.1 Å². The van der Waals surface area contributed by atoms with Crippen LogP contribution in [0.5, 0.6) is 0 Å². The molecule has 1 aliphatic rings. The summed E-state index contributed by atoms with van der Waals surface area (Å²) in [5.74, 6) is -0.111. The number of carbonyl (C=O) groups is 1. The van der Waals surface area contributed by atoms with E-state index in [0.717, 1.165) is 6.42 Å². The molecule has 0 atom stereocenters. The van der Waals surface area contributed by atoms with Crippen molar-refractivity contribution in [1.29, 1.82) is 0 Å². The number of rotatable bonds is 3. The highest BCUT2D eigenvalue weighted by molar-refractivity contribution is 5.70. The van der Waals surface area contributed by atoms with E-state index in [9.17, 15) is 4.79 Å². The lowest BCUT2D eigenvalue weighted by molar-refractivity contribution is -0.154. The number of benzene rings is 1. The van der Waals surface area contributed by atoms with Gasteiger partial charge in [0.2, 0.25) is 0 Å². The van der Waals surface area contributed by atoms with Gasteiger partial charge in [-0.3, -0.25) is 4.79 Å². The first-order chi connectivity index (χ1) is 7.94. The summed E-state index contributed by atoms with van der Waals surface area (Å²) in [5, 5.41) is 0. The summed E-state index contributed by atoms with van der Waals surface area (Å²) in [4.78, 5) is 11.6. The van der Waals surface area contributed by atoms with E-state index in [1.165, 1.54) is 29.5 Å². The Morgan fingerprint density at radius 1 is 1.24 bits per heavy atom. The molecule has 0 radical (unpaired) electrons. The lowest BCUT2D eigenvalue weighted by atomic mass is 9.86. The van der Waals surface area contributed by atoms with Gasteiger partial charge in [0.1, 0.15) is 5.60 Å². The van der Waals surface area contributed by atoms with Crippen molar-refractivity contribution in [3.8, 4) is 0 Å². The molecule has 17 heavy (non-hydrogen) atoms. The number of carbonyl (C=O) groups excluding carboxylic acids is 1. The Morgan fingerprint density at radius 2 is 1.94 bits per heavy atom. The Kier molecular flexibility index (Phi) is 3.23. The fourth-order valence-corrected chi connectivity index (χ4v) is 2.04. The molecule has 1 aromatic carbocycles. The molecule has 2 rings (SSSR count). The summed E-state index contributed by atoms with van der Waals surface area (Å²) in [6.07, 6.45) is 3.65. The van der Waals surface area contributed by atoms with E-state index in [0.29, 0.717) is 6.42 Å². The first kappa shape index (κ1) is 12.2. The van der Waals surface area contributed by atoms with Crippen LogP contribution in [0.15, 0.2) is 18.2 Å². The van der Waals surface area contributed by atoms with Gasteiger partial charge in [-0.05, 0) is 56.7 Å². The molecule has 0 heterocycles. The highest BCUT2D eigenvalue weighted by Gasteiger charge is 2.17. The predicted octanol–water partition coefficient (Wildman–Crippen LogP) is 3.06. The molecule has 0 fully saturated rings. The monoisotopic (exact) mass is 232 g/mol. The first-order valence-corrected chi connectivity index (χ1v) is 6.26. The number of hydrogen-bond donors (Lipinski definition) is 0. The van der Waals surface area contributed by atoms with Crippen LogP contribution in [0.4, 0.5) is 0 Å². The van der Waals surface area contributed by atoms with Crippen LogP contribution in [0.1, 0.15) is 43.9 Å². The minimum Gasteiger partial charge on any atom is -0.460 e. The Labute approximate surface area is 103 Å². The zero-order valence-electron chi connectivity index (χ0n) is 10.9. The van der Waals surface area contributed by atoms with Crippen LogP contribution >= 0.6 is 0 Å². The third-order valence-corrected chi connectivity index (χ3v) is 2.97. The molecule has 0 bridgehead atoms. The van der Waals surface area contributed by atoms with Crippen molar-refractivity contribution in [2.75, 3.05) is 0 Å². The molecule has 2 nitrogen and oxygen atoms in total. The van der Waals surface area contributed by atoms with Gasteiger partial charge in [-0.1, -0.05) is 18.2 Å². The van der Waals surface area contributed by atoms with E-state index in [-0.39, 0.29) is 11.6 Å². The molecule has 0 aliphatic heterocycles. The Bertz CT molecular complexity index is 427. The van der Waals surface area contributed by atoms with Crippen LogP contribution in [0, 0.1) is 0 Å². The van der Waals surface area contributed by atoms with Gasteiger partial charge in [-0.25, -0.2) is 0 Å². The van der Waals surface area contributed by atoms with Crippen molar-refractivity contribution in [3.63, 3.8) is 0 Å². The molecular formula is C15H20O2. The summed E-state index contributed by atoms with van der Waals surface area (Å²) in [6.45, 7) is 5.70. The fourth-order valence-electron chi connectivity index (χ4n) is 2.04. The molecule has 0 saturated heterocycles. The van der Waals surface area contributed by atoms with Crippen LogP contribution in [0.2, 0.25) is 0 Å². The Hall–Kier alpha value is -1.31. The smallest absolute Gasteiger partial charge is 0.306 e. The van der Waals surface area contributed by atoms with Gasteiger partial charge in [0, 0.05) is 6.42 Å². The highest BCUT2D eigenvalue weighted by Crippen LogP contribution is 2.24. The topological polar surface area (TPSA) is 26.3 Å². The van der Waals surface area contributed by atoms with Gasteiger partial charge >= 0.3 is 5.97 Å². The van der Waals surface area contributed by atoms with Crippen molar-refractivity contribution in [1.82, 2.24) is 0 Å². The average molecular weight is 232 g/mol. The van der Waals surface area contributed by atoms with Crippen molar-refractivity contribution in [2.24, 2.45) is 0 Å². The molecule has 0 N–H and O–H groups in total. The van der Waals surface area contributed by atoms with Crippen LogP contribution in [0.3, 0.4) is 0 Å². The molecule has 1 aliphatic carbocycles. The maximum Gasteiger partial charge on any atom is 0.306 e. The van der Waals surface area contributed by atoms with E-state index >= 15 is 0 Å². The molecular weight excluding hydrogens is 212 g/mol. The Morgan fingerprint density at radius 3 is 2.47 bits per heavy atom. The van der Waals surface area contributed by atoms with Crippen molar-refractivity contribution in [3.05, 3.63) is 34.9 Å². The number of aryl methyl sites for hydroxylation is 3. The quantitative estimate of drug-likeness (QED) is 0.749. The number of fused-ring (bicyclic) bond motifs is 1. The molecule has 0 aromatic heterocycles. The lowest BCUT2D eigenvalue weighted by Crippen LogP contribution is -2.24. The van der Waals surface area contributed by atoms with E-state index < -0.39 is 0 Å². The largest absolute Gasteiger partial charge is 0.460 e. The van der Waals surface area contributed by atoms with Crippen molar-refractivity contribution < 1.29 is 9.53 Å². The Balaban J connectivity index is 1.85. The maximum atomic E-state index is 11.6. The minimum atomic E-state index is -0.377. The molecule has 0 saturated carbocycles. The second kappa shape index (κ2) is 4.52. The zero-order chi connectivity index (χ0) is 12.5. The number of ether oxygens (including phenoxy) is 1. The normalized spacial score (nSPS) is 13.8. The van der Waals surface area contributed by atoms with E-state index in [1.54, 1.807) is 0 Å². The van der Waals surface area contributed by atoms with Crippen molar-refractivity contribution >= 4 is 5.97 Å². The lowest BCUT2D eigenvalue weighted by Gasteiger charge is -2.20. The SMILES string of the molecule is CC(C)(C)OC(=O)CCc1ccc2c(c1)CC2. The minimum absolute atomic E-state index is 0.111. The van der Waals surface area contributed by atoms with Gasteiger partial charge in [0.05, 0.1) is 0 Å². The standard InChI is InChI=1S/C15H20O2/c1-15(2,3)17-14(16)9-5-11-4-6-12-7-8-13(12)10-11/h4,6,10H,5,7-9H2,1-3H3. The molecule has 0 amide bonds. The van der Waals surface area contributed by atoms with Gasteiger partial charge in [0.25, 0.3) is 0 Å². The van der Waals surface area contributed by atoms with Gasteiger partial charge in [-0.2, -0.15) is 0 Å². The average Bonchev–Trinajstić information content (AvgIpc) is 2.15. The van der Waals surface area contributed by atoms with E-state index in [2.05, 4.69) is 18.2 Å². The van der Waals surface area contributed by atoms with Gasteiger partial charge < -0.3 is 4.74 Å². The summed E-state index contributed by atoms with van der Waals surface area (Å²) in [6, 6.07) is 6.54. The summed E-state index contributed by atoms with van der Waals surface area (Å²) in [7, 11) is 0. The summed E-state index contributed by atoms with van der Waals surface area (Å²) in [5.41, 5.74) is 3.78. The number of hydrogen-bond acceptors (Lipinski definition) is 2. The van der Waals surface area contributed by atoms with Crippen LogP contribution in [0.25, 0.3) is 0 Å². The van der Waals surface area contributed by atoms with E-state index in [1.807, 2.05) is 20.8 Å². The summed E-state index contributed by atoms with van der Waals surface area (Å²) >= 11 is 0. The van der Waals surface area contributed by atoms with Gasteiger partial charge in [-0.15, -0.1) is 0 Å². The predicted molar refractivity (Wildman–Crippen MR) is 68.0 cm³/mol. The van der Waals surface area contributed by atoms with Crippen LogP contribution in [-0.2, 0) is 28.8 Å². The molecule has 0 spiro atoms. The van der Waals surface area contributed by atoms with Crippen LogP contribution < -0.4 is 0 Å². The van der Waals surface area contributed by atoms with Gasteiger partial charge in [0.15, 0.2) is 0 Å². The molecule has 0 unspecified atom stereocenters. The third-order valence-electron chi connectivity index (χ3n) is 2.97. The molecule has 2 heteroatoms. The second-order valence-electron chi connectivity index (χ2n) is 5.69. The third kappa shape index (κ3) is 3.32. The summed E-state index contributed by atoms with van der Waals surface area (Å²) < 4.78 is 5.29. The zero-order valence-corrected chi connectivity index (χ0v) is 10.9.